The van der Waals surface area contributed by atoms with Crippen molar-refractivity contribution in [2.45, 2.75) is 37.4 Å². The fourth-order valence-corrected chi connectivity index (χ4v) is 4.91. The van der Waals surface area contributed by atoms with Crippen LogP contribution in [0.1, 0.15) is 43.0 Å². The van der Waals surface area contributed by atoms with Crippen LogP contribution in [0.2, 0.25) is 0 Å². The van der Waals surface area contributed by atoms with Crippen molar-refractivity contribution in [2.75, 3.05) is 17.8 Å². The van der Waals surface area contributed by atoms with Gasteiger partial charge in [0.1, 0.15) is 0 Å². The van der Waals surface area contributed by atoms with Crippen molar-refractivity contribution in [1.29, 1.82) is 5.26 Å². The lowest BCUT2D eigenvalue weighted by molar-refractivity contribution is -0.139. The molecule has 0 spiro atoms. The lowest BCUT2D eigenvalue weighted by Gasteiger charge is -2.37. The Balaban J connectivity index is 2.31. The number of ether oxygens (including phenoxy) is 1. The number of hydrogen-bond acceptors (Lipinski definition) is 6. The standard InChI is InChI=1S/C24H22F3N3O5S/c1-4-18-20(22(31)35-5-2)21(17-10-9-14(13-28)11-19(17)36(3,33)34)29-23(32)30(18)16-8-6-7-15(12-16)24(25,26)27/h6-12,21H,4-5H2,1-3H3,(H,29,32). The van der Waals surface area contributed by atoms with E-state index in [-0.39, 0.29) is 46.0 Å². The molecule has 3 rings (SSSR count). The number of nitriles is 1. The van der Waals surface area contributed by atoms with Gasteiger partial charge in [-0.3, -0.25) is 4.90 Å². The molecule has 8 nitrogen and oxygen atoms in total. The molecule has 1 aliphatic rings. The highest BCUT2D eigenvalue weighted by Crippen LogP contribution is 2.39. The number of nitrogens with one attached hydrogen (secondary N) is 1. The van der Waals surface area contributed by atoms with Crippen LogP contribution in [-0.4, -0.2) is 33.3 Å². The quantitative estimate of drug-likeness (QED) is 0.561. The molecular weight excluding hydrogens is 499 g/mol. The van der Waals surface area contributed by atoms with Gasteiger partial charge >= 0.3 is 18.2 Å². The zero-order valence-electron chi connectivity index (χ0n) is 19.5. The van der Waals surface area contributed by atoms with Gasteiger partial charge in [0, 0.05) is 12.0 Å². The zero-order valence-corrected chi connectivity index (χ0v) is 20.3. The normalized spacial score (nSPS) is 16.4. The second-order valence-corrected chi connectivity index (χ2v) is 9.82. The van der Waals surface area contributed by atoms with Crippen molar-refractivity contribution in [2.24, 2.45) is 0 Å². The fraction of sp³-hybridized carbons (Fsp3) is 0.292. The van der Waals surface area contributed by atoms with Gasteiger partial charge in [0.25, 0.3) is 0 Å². The van der Waals surface area contributed by atoms with E-state index in [1.165, 1.54) is 18.2 Å². The molecule has 12 heteroatoms. The highest BCUT2D eigenvalue weighted by Gasteiger charge is 2.40. The molecule has 1 atom stereocenters. The van der Waals surface area contributed by atoms with E-state index in [9.17, 15) is 36.4 Å². The van der Waals surface area contributed by atoms with E-state index < -0.39 is 39.6 Å². The summed E-state index contributed by atoms with van der Waals surface area (Å²) in [5.74, 6) is -0.875. The number of sulfone groups is 1. The van der Waals surface area contributed by atoms with Crippen LogP contribution in [0.5, 0.6) is 0 Å². The Hall–Kier alpha value is -3.85. The fourth-order valence-electron chi connectivity index (χ4n) is 3.95. The maximum absolute atomic E-state index is 13.3. The minimum atomic E-state index is -4.67. The van der Waals surface area contributed by atoms with Gasteiger partial charge in [-0.05, 0) is 49.2 Å². The van der Waals surface area contributed by atoms with Crippen molar-refractivity contribution in [1.82, 2.24) is 5.32 Å². The van der Waals surface area contributed by atoms with Gasteiger partial charge in [-0.25, -0.2) is 18.0 Å². The van der Waals surface area contributed by atoms with Gasteiger partial charge in [0.2, 0.25) is 0 Å². The lowest BCUT2D eigenvalue weighted by atomic mass is 9.92. The number of urea groups is 1. The summed E-state index contributed by atoms with van der Waals surface area (Å²) in [6.45, 7) is 3.10. The Labute approximate surface area is 205 Å². The molecule has 1 heterocycles. The van der Waals surface area contributed by atoms with Crippen LogP contribution in [-0.2, 0) is 25.5 Å². The van der Waals surface area contributed by atoms with E-state index in [1.54, 1.807) is 13.8 Å². The second kappa shape index (κ2) is 10.0. The highest BCUT2D eigenvalue weighted by molar-refractivity contribution is 7.90. The number of nitrogens with zero attached hydrogens (tertiary/aromatic N) is 2. The maximum Gasteiger partial charge on any atom is 0.416 e. The summed E-state index contributed by atoms with van der Waals surface area (Å²) in [5.41, 5.74) is -1.15. The summed E-state index contributed by atoms with van der Waals surface area (Å²) in [5, 5.41) is 11.8. The molecule has 0 saturated carbocycles. The molecule has 2 amide bonds. The van der Waals surface area contributed by atoms with E-state index in [0.29, 0.717) is 0 Å². The summed E-state index contributed by atoms with van der Waals surface area (Å²) in [6, 6.07) is 7.51. The molecule has 0 fully saturated rings. The molecule has 2 aromatic rings. The van der Waals surface area contributed by atoms with Crippen molar-refractivity contribution in [3.05, 3.63) is 70.4 Å². The number of benzene rings is 2. The first-order valence-electron chi connectivity index (χ1n) is 10.8. The average Bonchev–Trinajstić information content (AvgIpc) is 2.81. The zero-order chi connectivity index (χ0) is 26.8. The second-order valence-electron chi connectivity index (χ2n) is 7.84. The monoisotopic (exact) mass is 521 g/mol. The summed E-state index contributed by atoms with van der Waals surface area (Å²) < 4.78 is 70.3. The number of hydrogen-bond donors (Lipinski definition) is 1. The van der Waals surface area contributed by atoms with Gasteiger partial charge in [-0.15, -0.1) is 0 Å². The van der Waals surface area contributed by atoms with Crippen molar-refractivity contribution in [3.63, 3.8) is 0 Å². The van der Waals surface area contributed by atoms with Gasteiger partial charge in [-0.1, -0.05) is 19.1 Å². The Morgan fingerprint density at radius 1 is 1.19 bits per heavy atom. The minimum Gasteiger partial charge on any atom is -0.463 e. The molecule has 0 radical (unpaired) electrons. The molecule has 0 saturated heterocycles. The van der Waals surface area contributed by atoms with Crippen LogP contribution < -0.4 is 10.2 Å². The Morgan fingerprint density at radius 2 is 1.89 bits per heavy atom. The van der Waals surface area contributed by atoms with E-state index in [0.717, 1.165) is 35.4 Å². The van der Waals surface area contributed by atoms with Crippen LogP contribution in [0.4, 0.5) is 23.7 Å². The summed E-state index contributed by atoms with van der Waals surface area (Å²) in [7, 11) is -3.92. The molecule has 36 heavy (non-hydrogen) atoms. The molecule has 190 valence electrons. The molecular formula is C24H22F3N3O5S. The van der Waals surface area contributed by atoms with Crippen LogP contribution in [0, 0.1) is 11.3 Å². The number of allylic oxidation sites excluding steroid dienone is 1. The summed E-state index contributed by atoms with van der Waals surface area (Å²) in [4.78, 5) is 27.0. The third-order valence-corrected chi connectivity index (χ3v) is 6.61. The minimum absolute atomic E-state index is 0.0162. The smallest absolute Gasteiger partial charge is 0.416 e. The van der Waals surface area contributed by atoms with E-state index >= 15 is 0 Å². The van der Waals surface area contributed by atoms with Gasteiger partial charge < -0.3 is 10.1 Å². The van der Waals surface area contributed by atoms with Gasteiger partial charge in [0.15, 0.2) is 9.84 Å². The number of carbonyl (C=O) groups excluding carboxylic acids is 2. The Morgan fingerprint density at radius 3 is 2.44 bits per heavy atom. The molecule has 0 aromatic heterocycles. The Kier molecular flexibility index (Phi) is 7.45. The number of carbonyl (C=O) groups is 2. The first-order chi connectivity index (χ1) is 16.8. The molecule has 2 aromatic carbocycles. The number of alkyl halides is 3. The number of halogens is 3. The molecule has 0 aliphatic carbocycles. The van der Waals surface area contributed by atoms with E-state index in [1.807, 2.05) is 6.07 Å². The first-order valence-corrected chi connectivity index (χ1v) is 12.6. The molecule has 0 bridgehead atoms. The predicted octanol–water partition coefficient (Wildman–Crippen LogP) is 4.48. The average molecular weight is 522 g/mol. The first kappa shape index (κ1) is 26.7. The number of esters is 1. The van der Waals surface area contributed by atoms with Crippen LogP contribution in [0.3, 0.4) is 0 Å². The van der Waals surface area contributed by atoms with Crippen molar-refractivity contribution in [3.8, 4) is 6.07 Å². The highest BCUT2D eigenvalue weighted by atomic mass is 32.2. The van der Waals surface area contributed by atoms with Crippen molar-refractivity contribution >= 4 is 27.5 Å². The summed E-state index contributed by atoms with van der Waals surface area (Å²) in [6.07, 6.45) is -3.72. The van der Waals surface area contributed by atoms with Gasteiger partial charge in [0.05, 0.1) is 46.0 Å². The van der Waals surface area contributed by atoms with Crippen molar-refractivity contribution < 1.29 is 35.9 Å². The number of rotatable bonds is 6. The molecule has 1 N–H and O–H groups in total. The lowest BCUT2D eigenvalue weighted by Crippen LogP contribution is -2.49. The van der Waals surface area contributed by atoms with Crippen LogP contribution in [0.25, 0.3) is 0 Å². The SMILES string of the molecule is CCOC(=O)C1=C(CC)N(c2cccc(C(F)(F)F)c2)C(=O)NC1c1ccc(C#N)cc1S(C)(=O)=O. The molecule has 1 aliphatic heterocycles. The third kappa shape index (κ3) is 5.21. The third-order valence-electron chi connectivity index (χ3n) is 5.46. The topological polar surface area (TPSA) is 117 Å². The van der Waals surface area contributed by atoms with E-state index in [2.05, 4.69) is 5.32 Å². The van der Waals surface area contributed by atoms with E-state index in [4.69, 9.17) is 4.74 Å². The molecule has 1 unspecified atom stereocenters. The summed E-state index contributed by atoms with van der Waals surface area (Å²) >= 11 is 0. The predicted molar refractivity (Wildman–Crippen MR) is 123 cm³/mol. The Bertz CT molecular complexity index is 1390. The van der Waals surface area contributed by atoms with Gasteiger partial charge in [-0.2, -0.15) is 18.4 Å². The van der Waals surface area contributed by atoms with Crippen LogP contribution in [0.15, 0.2) is 58.6 Å². The number of amides is 2. The number of anilines is 1. The largest absolute Gasteiger partial charge is 0.463 e. The van der Waals surface area contributed by atoms with Crippen LogP contribution >= 0.6 is 0 Å². The maximum atomic E-state index is 13.3.